The van der Waals surface area contributed by atoms with Crippen LogP contribution in [-0.4, -0.2) is 10.7 Å². The summed E-state index contributed by atoms with van der Waals surface area (Å²) in [6.45, 7) is 0. The Kier molecular flexibility index (Phi) is 3.94. The third-order valence-electron chi connectivity index (χ3n) is 3.13. The number of thiazole rings is 1. The third-order valence-corrected chi connectivity index (χ3v) is 4.41. The Morgan fingerprint density at radius 2 is 1.89 bits per heavy atom. The Labute approximate surface area is 124 Å². The molecule has 2 aromatic rings. The number of hydrazone groups is 1. The van der Waals surface area contributed by atoms with Crippen LogP contribution < -0.4 is 5.43 Å². The van der Waals surface area contributed by atoms with Crippen LogP contribution in [0.2, 0.25) is 0 Å². The van der Waals surface area contributed by atoms with Gasteiger partial charge < -0.3 is 0 Å². The Bertz CT molecular complexity index is 581. The summed E-state index contributed by atoms with van der Waals surface area (Å²) in [4.78, 5) is 4.56. The van der Waals surface area contributed by atoms with Gasteiger partial charge in [-0.3, -0.25) is 5.43 Å². The van der Waals surface area contributed by atoms with Crippen molar-refractivity contribution in [2.75, 3.05) is 5.43 Å². The van der Waals surface area contributed by atoms with E-state index in [1.165, 1.54) is 18.6 Å². The normalized spacial score (nSPS) is 14.7. The maximum atomic E-state index is 4.56. The molecule has 0 unspecified atom stereocenters. The fourth-order valence-corrected chi connectivity index (χ4v) is 3.03. The van der Waals surface area contributed by atoms with Crippen LogP contribution in [0.5, 0.6) is 0 Å². The van der Waals surface area contributed by atoms with Crippen LogP contribution in [-0.2, 0) is 0 Å². The molecule has 1 aliphatic carbocycles. The van der Waals surface area contributed by atoms with E-state index >= 15 is 0 Å². The molecule has 5 heteroatoms. The van der Waals surface area contributed by atoms with Gasteiger partial charge in [0.1, 0.15) is 0 Å². The molecule has 1 aliphatic rings. The predicted molar refractivity (Wildman–Crippen MR) is 84.8 cm³/mol. The Morgan fingerprint density at radius 3 is 2.63 bits per heavy atom. The van der Waals surface area contributed by atoms with E-state index in [4.69, 9.17) is 0 Å². The monoisotopic (exact) mass is 335 g/mol. The highest BCUT2D eigenvalue weighted by atomic mass is 79.9. The van der Waals surface area contributed by atoms with Crippen molar-refractivity contribution in [2.24, 2.45) is 5.10 Å². The summed E-state index contributed by atoms with van der Waals surface area (Å²) in [5.74, 6) is 0. The first kappa shape index (κ1) is 12.8. The van der Waals surface area contributed by atoms with Crippen LogP contribution in [0.1, 0.15) is 25.7 Å². The summed E-state index contributed by atoms with van der Waals surface area (Å²) in [6.07, 6.45) is 4.78. The number of hydrogen-bond acceptors (Lipinski definition) is 4. The molecule has 3 nitrogen and oxygen atoms in total. The van der Waals surface area contributed by atoms with E-state index < -0.39 is 0 Å². The molecule has 0 saturated heterocycles. The van der Waals surface area contributed by atoms with Crippen molar-refractivity contribution < 1.29 is 0 Å². The summed E-state index contributed by atoms with van der Waals surface area (Å²) in [6, 6.07) is 8.18. The molecular weight excluding hydrogens is 322 g/mol. The summed E-state index contributed by atoms with van der Waals surface area (Å²) < 4.78 is 1.08. The van der Waals surface area contributed by atoms with Crippen LogP contribution in [0, 0.1) is 0 Å². The fraction of sp³-hybridized carbons (Fsp3) is 0.286. The lowest BCUT2D eigenvalue weighted by molar-refractivity contribution is 0.886. The quantitative estimate of drug-likeness (QED) is 0.808. The minimum atomic E-state index is 0.859. The van der Waals surface area contributed by atoms with E-state index in [9.17, 15) is 0 Å². The van der Waals surface area contributed by atoms with Gasteiger partial charge in [-0.05, 0) is 37.8 Å². The van der Waals surface area contributed by atoms with E-state index in [0.717, 1.165) is 33.7 Å². The van der Waals surface area contributed by atoms with Crippen LogP contribution in [0.4, 0.5) is 5.13 Å². The molecule has 1 heterocycles. The molecule has 98 valence electrons. The second-order valence-electron chi connectivity index (χ2n) is 4.54. The molecule has 1 aromatic carbocycles. The Morgan fingerprint density at radius 1 is 1.16 bits per heavy atom. The van der Waals surface area contributed by atoms with Crippen LogP contribution in [0.25, 0.3) is 11.3 Å². The smallest absolute Gasteiger partial charge is 0.203 e. The first-order valence-corrected chi connectivity index (χ1v) is 8.01. The van der Waals surface area contributed by atoms with Gasteiger partial charge in [-0.1, -0.05) is 28.1 Å². The van der Waals surface area contributed by atoms with Gasteiger partial charge in [-0.25, -0.2) is 4.98 Å². The molecule has 19 heavy (non-hydrogen) atoms. The van der Waals surface area contributed by atoms with Crippen LogP contribution in [0.15, 0.2) is 39.2 Å². The van der Waals surface area contributed by atoms with Crippen molar-refractivity contribution in [3.05, 3.63) is 34.1 Å². The molecule has 1 N–H and O–H groups in total. The summed E-state index contributed by atoms with van der Waals surface area (Å²) >= 11 is 5.03. The average Bonchev–Trinajstić information content (AvgIpc) is 3.09. The van der Waals surface area contributed by atoms with Gasteiger partial charge in [0, 0.05) is 21.1 Å². The third kappa shape index (κ3) is 3.22. The van der Waals surface area contributed by atoms with Gasteiger partial charge in [0.2, 0.25) is 5.13 Å². The van der Waals surface area contributed by atoms with E-state index in [1.807, 2.05) is 12.1 Å². The first-order chi connectivity index (χ1) is 9.31. The number of halogens is 1. The lowest BCUT2D eigenvalue weighted by Crippen LogP contribution is -1.95. The van der Waals surface area contributed by atoms with Crippen molar-refractivity contribution in [3.8, 4) is 11.3 Å². The van der Waals surface area contributed by atoms with E-state index in [1.54, 1.807) is 11.3 Å². The zero-order valence-electron chi connectivity index (χ0n) is 10.4. The number of rotatable bonds is 3. The SMILES string of the molecule is Brc1ccc(-c2csc(NN=C3CCCC3)n2)cc1. The van der Waals surface area contributed by atoms with Gasteiger partial charge >= 0.3 is 0 Å². The number of hydrogen-bond donors (Lipinski definition) is 1. The molecule has 3 rings (SSSR count). The van der Waals surface area contributed by atoms with Crippen molar-refractivity contribution in [1.29, 1.82) is 0 Å². The number of benzene rings is 1. The molecule has 0 radical (unpaired) electrons. The lowest BCUT2D eigenvalue weighted by atomic mass is 10.2. The van der Waals surface area contributed by atoms with Gasteiger partial charge in [-0.15, -0.1) is 11.3 Å². The number of nitrogens with zero attached hydrogens (tertiary/aromatic N) is 2. The lowest BCUT2D eigenvalue weighted by Gasteiger charge is -1.98. The summed E-state index contributed by atoms with van der Waals surface area (Å²) in [7, 11) is 0. The van der Waals surface area contributed by atoms with Crippen LogP contribution >= 0.6 is 27.3 Å². The van der Waals surface area contributed by atoms with Crippen molar-refractivity contribution in [2.45, 2.75) is 25.7 Å². The average molecular weight is 336 g/mol. The largest absolute Gasteiger partial charge is 0.253 e. The summed E-state index contributed by atoms with van der Waals surface area (Å²) in [5, 5.41) is 7.34. The fourth-order valence-electron chi connectivity index (χ4n) is 2.10. The van der Waals surface area contributed by atoms with Crippen LogP contribution in [0.3, 0.4) is 0 Å². The zero-order valence-corrected chi connectivity index (χ0v) is 12.8. The van der Waals surface area contributed by atoms with E-state index in [0.29, 0.717) is 0 Å². The second kappa shape index (κ2) is 5.84. The van der Waals surface area contributed by atoms with Gasteiger partial charge in [0.25, 0.3) is 0 Å². The molecule has 0 amide bonds. The molecule has 1 saturated carbocycles. The maximum absolute atomic E-state index is 4.56. The van der Waals surface area contributed by atoms with Gasteiger partial charge in [0.15, 0.2) is 0 Å². The van der Waals surface area contributed by atoms with Gasteiger partial charge in [0.05, 0.1) is 5.69 Å². The first-order valence-electron chi connectivity index (χ1n) is 6.34. The molecule has 0 spiro atoms. The molecule has 1 fully saturated rings. The molecule has 0 aliphatic heterocycles. The number of anilines is 1. The molecule has 1 aromatic heterocycles. The highest BCUT2D eigenvalue weighted by molar-refractivity contribution is 9.10. The van der Waals surface area contributed by atoms with Crippen molar-refractivity contribution in [3.63, 3.8) is 0 Å². The summed E-state index contributed by atoms with van der Waals surface area (Å²) in [5.41, 5.74) is 6.46. The minimum absolute atomic E-state index is 0.859. The van der Waals surface area contributed by atoms with E-state index in [-0.39, 0.29) is 0 Å². The predicted octanol–water partition coefficient (Wildman–Crippen LogP) is 4.91. The molecular formula is C14H14BrN3S. The Hall–Kier alpha value is -1.20. The standard InChI is InChI=1S/C14H14BrN3S/c15-11-7-5-10(6-8-11)13-9-19-14(16-13)18-17-12-3-1-2-4-12/h5-9H,1-4H2,(H,16,18). The number of aromatic nitrogens is 1. The van der Waals surface area contributed by atoms with Crippen molar-refractivity contribution >= 4 is 38.1 Å². The molecule has 0 atom stereocenters. The highest BCUT2D eigenvalue weighted by Crippen LogP contribution is 2.26. The minimum Gasteiger partial charge on any atom is -0.253 e. The second-order valence-corrected chi connectivity index (χ2v) is 6.32. The van der Waals surface area contributed by atoms with Crippen molar-refractivity contribution in [1.82, 2.24) is 4.98 Å². The zero-order chi connectivity index (χ0) is 13.1. The molecule has 0 bridgehead atoms. The van der Waals surface area contributed by atoms with E-state index in [2.05, 4.69) is 49.0 Å². The van der Waals surface area contributed by atoms with Gasteiger partial charge in [-0.2, -0.15) is 5.10 Å². The topological polar surface area (TPSA) is 37.3 Å². The Balaban J connectivity index is 1.72. The highest BCUT2D eigenvalue weighted by Gasteiger charge is 2.08. The number of nitrogens with one attached hydrogen (secondary N) is 1. The maximum Gasteiger partial charge on any atom is 0.203 e.